The largest absolute Gasteiger partial charge is 0.355 e. The average Bonchev–Trinajstić information content (AvgIpc) is 2.65. The topological polar surface area (TPSA) is 96.2 Å². The number of carbonyl (C=O) groups excluding carboxylic acids is 2. The third-order valence-corrected chi connectivity index (χ3v) is 3.16. The summed E-state index contributed by atoms with van der Waals surface area (Å²) in [5.74, 6) is 0.0738. The minimum Gasteiger partial charge on any atom is -0.355 e. The summed E-state index contributed by atoms with van der Waals surface area (Å²) in [6, 6.07) is 0.350. The van der Waals surface area contributed by atoms with Crippen molar-refractivity contribution in [1.29, 1.82) is 0 Å². The second kappa shape index (κ2) is 7.92. The fourth-order valence-electron chi connectivity index (χ4n) is 2.09. The Morgan fingerprint density at radius 1 is 1.33 bits per heavy atom. The number of carbonyl (C=O) groups is 2. The third kappa shape index (κ3) is 5.35. The lowest BCUT2D eigenvalue weighted by Crippen LogP contribution is -2.30. The van der Waals surface area contributed by atoms with Gasteiger partial charge in [-0.15, -0.1) is 0 Å². The minimum atomic E-state index is -0.0753. The monoisotopic (exact) mass is 256 g/mol. The van der Waals surface area contributed by atoms with Crippen LogP contribution < -0.4 is 21.7 Å². The minimum absolute atomic E-state index is 0.0738. The summed E-state index contributed by atoms with van der Waals surface area (Å²) in [4.78, 5) is 22.3. The third-order valence-electron chi connectivity index (χ3n) is 3.16. The summed E-state index contributed by atoms with van der Waals surface area (Å²) in [6.07, 6.45) is 4.45. The molecule has 1 aliphatic heterocycles. The van der Waals surface area contributed by atoms with Crippen molar-refractivity contribution < 1.29 is 9.59 Å². The van der Waals surface area contributed by atoms with Gasteiger partial charge in [0.15, 0.2) is 0 Å². The Kier molecular flexibility index (Phi) is 6.49. The van der Waals surface area contributed by atoms with Gasteiger partial charge in [0.1, 0.15) is 0 Å². The van der Waals surface area contributed by atoms with Gasteiger partial charge in [-0.05, 0) is 19.8 Å². The molecule has 2 atom stereocenters. The van der Waals surface area contributed by atoms with Crippen LogP contribution in [0.1, 0.15) is 39.0 Å². The molecular weight excluding hydrogens is 232 g/mol. The predicted octanol–water partition coefficient (Wildman–Crippen LogP) is 0.0817. The van der Waals surface area contributed by atoms with Crippen LogP contribution >= 0.6 is 0 Å². The molecule has 104 valence electrons. The van der Waals surface area contributed by atoms with Gasteiger partial charge in [-0.1, -0.05) is 12.8 Å². The van der Waals surface area contributed by atoms with Gasteiger partial charge in [0.25, 0.3) is 0 Å². The van der Waals surface area contributed by atoms with E-state index in [4.69, 9.17) is 5.73 Å². The first-order valence-electron chi connectivity index (χ1n) is 6.67. The molecule has 0 saturated carbocycles. The molecule has 3 amide bonds. The van der Waals surface area contributed by atoms with Crippen LogP contribution in [0.15, 0.2) is 0 Å². The molecule has 18 heavy (non-hydrogen) atoms. The van der Waals surface area contributed by atoms with E-state index in [1.165, 1.54) is 0 Å². The number of hydrogen-bond acceptors (Lipinski definition) is 3. The maximum absolute atomic E-state index is 11.3. The Hall–Kier alpha value is -1.30. The highest BCUT2D eigenvalue weighted by Crippen LogP contribution is 2.11. The molecule has 5 N–H and O–H groups in total. The van der Waals surface area contributed by atoms with E-state index in [0.29, 0.717) is 19.5 Å². The molecule has 1 rings (SSSR count). The van der Waals surface area contributed by atoms with Crippen molar-refractivity contribution >= 4 is 11.9 Å². The van der Waals surface area contributed by atoms with Crippen molar-refractivity contribution in [2.45, 2.75) is 51.1 Å². The van der Waals surface area contributed by atoms with Crippen molar-refractivity contribution in [2.24, 2.45) is 5.73 Å². The number of urea groups is 1. The zero-order valence-corrected chi connectivity index (χ0v) is 11.0. The van der Waals surface area contributed by atoms with Gasteiger partial charge in [0, 0.05) is 25.6 Å². The van der Waals surface area contributed by atoms with Crippen LogP contribution in [0.25, 0.3) is 0 Å². The van der Waals surface area contributed by atoms with Gasteiger partial charge >= 0.3 is 6.03 Å². The number of rotatable bonds is 8. The molecule has 6 heteroatoms. The van der Waals surface area contributed by atoms with E-state index < -0.39 is 0 Å². The highest BCUT2D eigenvalue weighted by atomic mass is 16.2. The normalized spacial score (nSPS) is 22.4. The smallest absolute Gasteiger partial charge is 0.315 e. The zero-order chi connectivity index (χ0) is 13.4. The summed E-state index contributed by atoms with van der Waals surface area (Å²) in [7, 11) is 0. The summed E-state index contributed by atoms with van der Waals surface area (Å²) in [5.41, 5.74) is 5.29. The van der Waals surface area contributed by atoms with Crippen LogP contribution in [-0.2, 0) is 4.79 Å². The summed E-state index contributed by atoms with van der Waals surface area (Å²) >= 11 is 0. The van der Waals surface area contributed by atoms with Gasteiger partial charge < -0.3 is 21.7 Å². The molecule has 0 aromatic rings. The molecule has 0 aromatic heterocycles. The second-order valence-corrected chi connectivity index (χ2v) is 4.75. The van der Waals surface area contributed by atoms with Crippen LogP contribution in [0.4, 0.5) is 4.79 Å². The van der Waals surface area contributed by atoms with Crippen LogP contribution in [0.5, 0.6) is 0 Å². The van der Waals surface area contributed by atoms with E-state index in [1.54, 1.807) is 0 Å². The van der Waals surface area contributed by atoms with Crippen LogP contribution in [-0.4, -0.2) is 37.1 Å². The Labute approximate surface area is 108 Å². The summed E-state index contributed by atoms with van der Waals surface area (Å²) < 4.78 is 0. The molecule has 0 aromatic carbocycles. The van der Waals surface area contributed by atoms with Crippen molar-refractivity contribution in [3.63, 3.8) is 0 Å². The fraction of sp³-hybridized carbons (Fsp3) is 0.833. The van der Waals surface area contributed by atoms with Gasteiger partial charge in [-0.3, -0.25) is 4.79 Å². The Morgan fingerprint density at radius 2 is 2.11 bits per heavy atom. The van der Waals surface area contributed by atoms with Crippen LogP contribution in [0.3, 0.4) is 0 Å². The average molecular weight is 256 g/mol. The van der Waals surface area contributed by atoms with Crippen molar-refractivity contribution in [3.8, 4) is 0 Å². The first-order valence-corrected chi connectivity index (χ1v) is 6.67. The van der Waals surface area contributed by atoms with E-state index >= 15 is 0 Å². The molecule has 2 unspecified atom stereocenters. The van der Waals surface area contributed by atoms with Gasteiger partial charge in [-0.2, -0.15) is 0 Å². The predicted molar refractivity (Wildman–Crippen MR) is 70.1 cm³/mol. The molecule has 1 saturated heterocycles. The summed E-state index contributed by atoms with van der Waals surface area (Å²) in [6.45, 7) is 3.04. The van der Waals surface area contributed by atoms with Crippen molar-refractivity contribution in [3.05, 3.63) is 0 Å². The number of nitrogens with one attached hydrogen (secondary N) is 3. The Balaban J connectivity index is 1.98. The van der Waals surface area contributed by atoms with E-state index in [2.05, 4.69) is 16.0 Å². The lowest BCUT2D eigenvalue weighted by atomic mass is 10.0. The molecule has 1 heterocycles. The molecule has 0 bridgehead atoms. The van der Waals surface area contributed by atoms with Gasteiger partial charge in [-0.25, -0.2) is 4.79 Å². The molecule has 1 fully saturated rings. The maximum atomic E-state index is 11.3. The van der Waals surface area contributed by atoms with Gasteiger partial charge in [0.05, 0.1) is 6.04 Å². The number of unbranched alkanes of at least 4 members (excludes halogenated alkanes) is 2. The highest BCUT2D eigenvalue weighted by molar-refractivity contribution is 5.77. The standard InChI is InChI=1S/C12H24N4O2/c1-9-10(16-12(18)15-9)5-3-2-4-6-11(17)14-8-7-13/h9-10H,2-8,13H2,1H3,(H,14,17)(H2,15,16,18). The molecular formula is C12H24N4O2. The second-order valence-electron chi connectivity index (χ2n) is 4.75. The number of hydrogen-bond donors (Lipinski definition) is 4. The van der Waals surface area contributed by atoms with E-state index in [9.17, 15) is 9.59 Å². The van der Waals surface area contributed by atoms with E-state index in [-0.39, 0.29) is 24.0 Å². The number of nitrogens with two attached hydrogens (primary N) is 1. The lowest BCUT2D eigenvalue weighted by molar-refractivity contribution is -0.121. The quantitative estimate of drug-likeness (QED) is 0.463. The zero-order valence-electron chi connectivity index (χ0n) is 11.0. The molecule has 6 nitrogen and oxygen atoms in total. The highest BCUT2D eigenvalue weighted by Gasteiger charge is 2.26. The van der Waals surface area contributed by atoms with Crippen LogP contribution in [0, 0.1) is 0 Å². The molecule has 0 aliphatic carbocycles. The maximum Gasteiger partial charge on any atom is 0.315 e. The molecule has 0 radical (unpaired) electrons. The van der Waals surface area contributed by atoms with E-state index in [0.717, 1.165) is 25.7 Å². The Bertz CT molecular complexity index is 283. The SMILES string of the molecule is CC1NC(=O)NC1CCCCCC(=O)NCCN. The summed E-state index contributed by atoms with van der Waals surface area (Å²) in [5, 5.41) is 8.46. The molecule has 0 spiro atoms. The fourth-order valence-corrected chi connectivity index (χ4v) is 2.09. The first kappa shape index (κ1) is 14.8. The molecule has 1 aliphatic rings. The Morgan fingerprint density at radius 3 is 2.72 bits per heavy atom. The number of amides is 3. The first-order chi connectivity index (χ1) is 8.63. The lowest BCUT2D eigenvalue weighted by Gasteiger charge is -2.13. The van der Waals surface area contributed by atoms with Crippen LogP contribution in [0.2, 0.25) is 0 Å². The van der Waals surface area contributed by atoms with Crippen molar-refractivity contribution in [1.82, 2.24) is 16.0 Å². The van der Waals surface area contributed by atoms with Crippen molar-refractivity contribution in [2.75, 3.05) is 13.1 Å². The van der Waals surface area contributed by atoms with Gasteiger partial charge in [0.2, 0.25) is 5.91 Å². The van der Waals surface area contributed by atoms with E-state index in [1.807, 2.05) is 6.92 Å².